The molecule has 1 aromatic carbocycles. The van der Waals surface area contributed by atoms with Crippen LogP contribution in [-0.2, 0) is 6.42 Å². The van der Waals surface area contributed by atoms with Crippen LogP contribution in [0.1, 0.15) is 11.4 Å². The number of benzene rings is 1. The number of nitrogen functional groups attached to an aromatic ring is 1. The highest BCUT2D eigenvalue weighted by atomic mass is 32.1. The number of halogens is 1. The lowest BCUT2D eigenvalue weighted by Crippen LogP contribution is -1.90. The zero-order valence-electron chi connectivity index (χ0n) is 9.84. The van der Waals surface area contributed by atoms with Crippen molar-refractivity contribution < 1.29 is 8.91 Å². The fourth-order valence-corrected chi connectivity index (χ4v) is 2.37. The molecule has 3 rings (SSSR count). The monoisotopic (exact) mass is 275 g/mol. The summed E-state index contributed by atoms with van der Waals surface area (Å²) in [4.78, 5) is 5.14. The van der Waals surface area contributed by atoms with Crippen molar-refractivity contribution in [3.63, 3.8) is 0 Å². The van der Waals surface area contributed by atoms with Crippen LogP contribution in [0.15, 0.2) is 40.9 Å². The largest absolute Gasteiger partial charge is 0.391 e. The smallest absolute Gasteiger partial charge is 0.268 e. The molecule has 2 N–H and O–H groups in total. The van der Waals surface area contributed by atoms with Crippen molar-refractivity contribution in [3.8, 4) is 10.8 Å². The molecule has 2 heterocycles. The second-order valence-electron chi connectivity index (χ2n) is 4.02. The van der Waals surface area contributed by atoms with Crippen molar-refractivity contribution in [3.05, 3.63) is 53.6 Å². The SMILES string of the molecule is Nc1ccc(-c2nc(Cc3ccc(F)cc3)no2)s1. The van der Waals surface area contributed by atoms with Crippen LogP contribution < -0.4 is 5.73 Å². The van der Waals surface area contributed by atoms with Crippen molar-refractivity contribution in [2.45, 2.75) is 6.42 Å². The van der Waals surface area contributed by atoms with E-state index in [0.29, 0.717) is 23.1 Å². The van der Waals surface area contributed by atoms with E-state index in [1.165, 1.54) is 23.5 Å². The average molecular weight is 275 g/mol. The van der Waals surface area contributed by atoms with Crippen LogP contribution in [0.5, 0.6) is 0 Å². The van der Waals surface area contributed by atoms with Gasteiger partial charge >= 0.3 is 0 Å². The predicted molar refractivity (Wildman–Crippen MR) is 71.2 cm³/mol. The van der Waals surface area contributed by atoms with Crippen LogP contribution in [0.4, 0.5) is 9.39 Å². The van der Waals surface area contributed by atoms with E-state index in [0.717, 1.165) is 10.4 Å². The second kappa shape index (κ2) is 4.81. The molecule has 19 heavy (non-hydrogen) atoms. The standard InChI is InChI=1S/C13H10FN3OS/c14-9-3-1-8(2-4-9)7-12-16-13(18-17-12)10-5-6-11(15)19-10/h1-6H,7,15H2. The molecule has 0 saturated heterocycles. The summed E-state index contributed by atoms with van der Waals surface area (Å²) in [5, 5.41) is 4.61. The first-order chi connectivity index (χ1) is 9.20. The van der Waals surface area contributed by atoms with Crippen LogP contribution in [0.3, 0.4) is 0 Å². The van der Waals surface area contributed by atoms with Gasteiger partial charge in [-0.15, -0.1) is 11.3 Å². The summed E-state index contributed by atoms with van der Waals surface area (Å²) in [6.07, 6.45) is 0.505. The number of aromatic nitrogens is 2. The molecule has 0 unspecified atom stereocenters. The third-order valence-corrected chi connectivity index (χ3v) is 3.48. The molecule has 0 aliphatic heterocycles. The number of hydrogen-bond acceptors (Lipinski definition) is 5. The van der Waals surface area contributed by atoms with Gasteiger partial charge in [0, 0.05) is 6.42 Å². The van der Waals surface area contributed by atoms with Gasteiger partial charge in [0.1, 0.15) is 5.82 Å². The Morgan fingerprint density at radius 3 is 2.63 bits per heavy atom. The van der Waals surface area contributed by atoms with Crippen LogP contribution >= 0.6 is 11.3 Å². The number of rotatable bonds is 3. The first-order valence-electron chi connectivity index (χ1n) is 5.63. The third kappa shape index (κ3) is 2.63. The molecule has 0 amide bonds. The number of thiophene rings is 1. The van der Waals surface area contributed by atoms with Gasteiger partial charge in [-0.05, 0) is 29.8 Å². The molecule has 0 fully saturated rings. The summed E-state index contributed by atoms with van der Waals surface area (Å²) in [5.41, 5.74) is 6.58. The van der Waals surface area contributed by atoms with Crippen LogP contribution in [0, 0.1) is 5.82 Å². The van der Waals surface area contributed by atoms with E-state index < -0.39 is 0 Å². The van der Waals surface area contributed by atoms with Crippen LogP contribution in [0.25, 0.3) is 10.8 Å². The van der Waals surface area contributed by atoms with Gasteiger partial charge in [0.2, 0.25) is 0 Å². The zero-order valence-corrected chi connectivity index (χ0v) is 10.7. The van der Waals surface area contributed by atoms with Crippen LogP contribution in [-0.4, -0.2) is 10.1 Å². The molecule has 4 nitrogen and oxygen atoms in total. The number of nitrogens with zero attached hydrogens (tertiary/aromatic N) is 2. The molecule has 0 saturated carbocycles. The van der Waals surface area contributed by atoms with E-state index in [-0.39, 0.29) is 5.82 Å². The van der Waals surface area contributed by atoms with E-state index in [9.17, 15) is 4.39 Å². The lowest BCUT2D eigenvalue weighted by Gasteiger charge is -1.95. The van der Waals surface area contributed by atoms with Crippen molar-refractivity contribution in [1.29, 1.82) is 0 Å². The van der Waals surface area contributed by atoms with Crippen molar-refractivity contribution in [1.82, 2.24) is 10.1 Å². The highest BCUT2D eigenvalue weighted by Crippen LogP contribution is 2.28. The molecule has 96 valence electrons. The van der Waals surface area contributed by atoms with Gasteiger partial charge in [0.15, 0.2) is 5.82 Å². The number of nitrogens with two attached hydrogens (primary N) is 1. The average Bonchev–Trinajstić information content (AvgIpc) is 3.01. The lowest BCUT2D eigenvalue weighted by atomic mass is 10.1. The molecule has 0 aliphatic rings. The Morgan fingerprint density at radius 2 is 1.95 bits per heavy atom. The Hall–Kier alpha value is -2.21. The molecule has 3 aromatic rings. The van der Waals surface area contributed by atoms with Gasteiger partial charge < -0.3 is 10.3 Å². The predicted octanol–water partition coefficient (Wildman–Crippen LogP) is 3.11. The fourth-order valence-electron chi connectivity index (χ4n) is 1.68. The maximum absolute atomic E-state index is 12.8. The quantitative estimate of drug-likeness (QED) is 0.797. The Bertz CT molecular complexity index is 690. The van der Waals surface area contributed by atoms with Gasteiger partial charge in [0.05, 0.1) is 9.88 Å². The minimum atomic E-state index is -0.258. The van der Waals surface area contributed by atoms with Crippen LogP contribution in [0.2, 0.25) is 0 Å². The Balaban J connectivity index is 1.80. The molecule has 2 aromatic heterocycles. The minimum Gasteiger partial charge on any atom is -0.391 e. The summed E-state index contributed by atoms with van der Waals surface area (Å²) in [7, 11) is 0. The van der Waals surface area contributed by atoms with E-state index >= 15 is 0 Å². The Kier molecular flexibility index (Phi) is 3.00. The topological polar surface area (TPSA) is 64.9 Å². The van der Waals surface area contributed by atoms with Gasteiger partial charge in [-0.1, -0.05) is 17.3 Å². The van der Waals surface area contributed by atoms with Gasteiger partial charge in [-0.3, -0.25) is 0 Å². The lowest BCUT2D eigenvalue weighted by molar-refractivity contribution is 0.424. The van der Waals surface area contributed by atoms with Crippen molar-refractivity contribution in [2.75, 3.05) is 5.73 Å². The van der Waals surface area contributed by atoms with E-state index in [4.69, 9.17) is 10.3 Å². The van der Waals surface area contributed by atoms with Gasteiger partial charge in [-0.2, -0.15) is 4.98 Å². The third-order valence-electron chi connectivity index (χ3n) is 2.58. The Morgan fingerprint density at radius 1 is 1.16 bits per heavy atom. The first kappa shape index (κ1) is 11.9. The molecular weight excluding hydrogens is 265 g/mol. The maximum Gasteiger partial charge on any atom is 0.268 e. The number of hydrogen-bond donors (Lipinski definition) is 1. The highest BCUT2D eigenvalue weighted by molar-refractivity contribution is 7.19. The summed E-state index contributed by atoms with van der Waals surface area (Å²) >= 11 is 1.39. The van der Waals surface area contributed by atoms with Crippen molar-refractivity contribution in [2.24, 2.45) is 0 Å². The summed E-state index contributed by atoms with van der Waals surface area (Å²) in [6, 6.07) is 9.87. The van der Waals surface area contributed by atoms with Gasteiger partial charge in [0.25, 0.3) is 5.89 Å². The molecule has 6 heteroatoms. The summed E-state index contributed by atoms with van der Waals surface area (Å²) in [5.74, 6) is 0.763. The maximum atomic E-state index is 12.8. The highest BCUT2D eigenvalue weighted by Gasteiger charge is 2.11. The molecule has 0 spiro atoms. The summed E-state index contributed by atoms with van der Waals surface area (Å²) in [6.45, 7) is 0. The normalized spacial score (nSPS) is 10.8. The van der Waals surface area contributed by atoms with Crippen molar-refractivity contribution >= 4 is 16.3 Å². The summed E-state index contributed by atoms with van der Waals surface area (Å²) < 4.78 is 18.0. The first-order valence-corrected chi connectivity index (χ1v) is 6.45. The molecule has 0 radical (unpaired) electrons. The van der Waals surface area contributed by atoms with E-state index in [1.54, 1.807) is 18.2 Å². The second-order valence-corrected chi connectivity index (χ2v) is 5.14. The van der Waals surface area contributed by atoms with Gasteiger partial charge in [-0.25, -0.2) is 4.39 Å². The molecular formula is C13H10FN3OS. The molecule has 0 bridgehead atoms. The molecule has 0 atom stereocenters. The van der Waals surface area contributed by atoms with E-state index in [1.807, 2.05) is 6.07 Å². The molecule has 0 aliphatic carbocycles. The van der Waals surface area contributed by atoms with E-state index in [2.05, 4.69) is 10.1 Å². The zero-order chi connectivity index (χ0) is 13.2. The minimum absolute atomic E-state index is 0.258. The fraction of sp³-hybridized carbons (Fsp3) is 0.0769. The number of anilines is 1. The Labute approximate surface area is 112 Å².